The highest BCUT2D eigenvalue weighted by atomic mass is 35.5. The van der Waals surface area contributed by atoms with Gasteiger partial charge >= 0.3 is 0 Å². The van der Waals surface area contributed by atoms with Crippen LogP contribution in [-0.4, -0.2) is 34.3 Å². The van der Waals surface area contributed by atoms with Crippen molar-refractivity contribution in [1.82, 2.24) is 9.88 Å². The second kappa shape index (κ2) is 6.01. The Morgan fingerprint density at radius 2 is 2.22 bits per heavy atom. The summed E-state index contributed by atoms with van der Waals surface area (Å²) in [7, 11) is 0. The van der Waals surface area contributed by atoms with Crippen LogP contribution in [0.4, 0.5) is 0 Å². The zero-order valence-corrected chi connectivity index (χ0v) is 14.1. The highest BCUT2D eigenvalue weighted by Gasteiger charge is 2.45. The summed E-state index contributed by atoms with van der Waals surface area (Å²) in [6.45, 7) is 5.32. The van der Waals surface area contributed by atoms with Gasteiger partial charge in [0.1, 0.15) is 24.0 Å². The van der Waals surface area contributed by atoms with Gasteiger partial charge in [-0.25, -0.2) is 0 Å². The molecule has 0 atom stereocenters. The monoisotopic (exact) mass is 333 g/mol. The predicted molar refractivity (Wildman–Crippen MR) is 86.0 cm³/mol. The lowest BCUT2D eigenvalue weighted by atomic mass is 9.66. The summed E-state index contributed by atoms with van der Waals surface area (Å²) in [5.74, 6) is 0.995. The van der Waals surface area contributed by atoms with Crippen molar-refractivity contribution in [3.05, 3.63) is 23.5 Å². The maximum atomic E-state index is 13.0. The number of halogens is 1. The summed E-state index contributed by atoms with van der Waals surface area (Å²) < 4.78 is 5.70. The Morgan fingerprint density at radius 3 is 2.87 bits per heavy atom. The van der Waals surface area contributed by atoms with Crippen LogP contribution in [0.3, 0.4) is 0 Å². The fraction of sp³-hybridized carbons (Fsp3) is 0.588. The highest BCUT2D eigenvalue weighted by molar-refractivity contribution is 6.21. The molecule has 6 heteroatoms. The molecule has 1 saturated carbocycles. The molecule has 0 spiro atoms. The molecule has 0 aromatic carbocycles. The lowest BCUT2D eigenvalue weighted by Gasteiger charge is -2.44. The first-order valence-corrected chi connectivity index (χ1v) is 8.30. The first-order valence-electron chi connectivity index (χ1n) is 7.86. The van der Waals surface area contributed by atoms with Crippen molar-refractivity contribution in [2.75, 3.05) is 13.2 Å². The van der Waals surface area contributed by atoms with Crippen molar-refractivity contribution >= 4 is 17.5 Å². The Morgan fingerprint density at radius 1 is 1.48 bits per heavy atom. The molecule has 122 valence electrons. The summed E-state index contributed by atoms with van der Waals surface area (Å²) in [5.41, 5.74) is 0.769. The van der Waals surface area contributed by atoms with Crippen molar-refractivity contribution in [2.24, 2.45) is 11.3 Å². The van der Waals surface area contributed by atoms with Gasteiger partial charge in [-0.1, -0.05) is 13.8 Å². The van der Waals surface area contributed by atoms with Gasteiger partial charge in [-0.15, -0.1) is 11.6 Å². The van der Waals surface area contributed by atoms with Gasteiger partial charge in [0.2, 0.25) is 5.91 Å². The number of nitrogens with zero attached hydrogens (tertiary/aromatic N) is 3. The molecule has 1 aliphatic heterocycles. The van der Waals surface area contributed by atoms with Gasteiger partial charge in [0.15, 0.2) is 0 Å². The minimum Gasteiger partial charge on any atom is -0.490 e. The number of alkyl halides is 1. The standard InChI is InChI=1S/C17H20ClN3O2/c1-17(2,13-5-14(18)6-13)16(22)21-3-4-23-15-11(7-19)8-20-9-12(15)10-21/h8-9,13-14H,3-6,10H2,1-2H3. The van der Waals surface area contributed by atoms with E-state index in [0.717, 1.165) is 18.4 Å². The van der Waals surface area contributed by atoms with E-state index in [4.69, 9.17) is 21.6 Å². The van der Waals surface area contributed by atoms with E-state index < -0.39 is 5.41 Å². The van der Waals surface area contributed by atoms with E-state index >= 15 is 0 Å². The van der Waals surface area contributed by atoms with Crippen LogP contribution >= 0.6 is 11.6 Å². The lowest BCUT2D eigenvalue weighted by Crippen LogP contribution is -2.49. The quantitative estimate of drug-likeness (QED) is 0.780. The highest BCUT2D eigenvalue weighted by Crippen LogP contribution is 2.45. The maximum absolute atomic E-state index is 13.0. The third kappa shape index (κ3) is 2.88. The number of nitriles is 1. The second-order valence-corrected chi connectivity index (χ2v) is 7.47. The van der Waals surface area contributed by atoms with E-state index in [2.05, 4.69) is 11.1 Å². The zero-order valence-electron chi connectivity index (χ0n) is 13.4. The van der Waals surface area contributed by atoms with Gasteiger partial charge in [-0.3, -0.25) is 9.78 Å². The molecule has 0 bridgehead atoms. The molecule has 0 N–H and O–H groups in total. The van der Waals surface area contributed by atoms with E-state index in [1.807, 2.05) is 18.7 Å². The Labute approximate surface area is 141 Å². The molecule has 1 amide bonds. The Kier molecular flexibility index (Phi) is 4.20. The number of fused-ring (bicyclic) bond motifs is 1. The van der Waals surface area contributed by atoms with E-state index in [1.165, 1.54) is 6.20 Å². The molecular formula is C17H20ClN3O2. The number of carbonyl (C=O) groups is 1. The number of hydrogen-bond donors (Lipinski definition) is 0. The van der Waals surface area contributed by atoms with Crippen LogP contribution in [-0.2, 0) is 11.3 Å². The molecule has 2 aliphatic rings. The van der Waals surface area contributed by atoms with Gasteiger partial charge in [-0.2, -0.15) is 5.26 Å². The third-order valence-corrected chi connectivity index (χ3v) is 5.36. The molecule has 1 aromatic rings. The average Bonchev–Trinajstić information content (AvgIpc) is 2.72. The van der Waals surface area contributed by atoms with Gasteiger partial charge < -0.3 is 9.64 Å². The number of aromatic nitrogens is 1. The summed E-state index contributed by atoms with van der Waals surface area (Å²) in [6.07, 6.45) is 4.95. The van der Waals surface area contributed by atoms with Crippen LogP contribution in [0.15, 0.2) is 12.4 Å². The Bertz CT molecular complexity index is 662. The summed E-state index contributed by atoms with van der Waals surface area (Å²) in [5, 5.41) is 9.36. The Hall–Kier alpha value is -1.80. The molecule has 1 aromatic heterocycles. The summed E-state index contributed by atoms with van der Waals surface area (Å²) in [4.78, 5) is 18.9. The van der Waals surface area contributed by atoms with Gasteiger partial charge in [0.25, 0.3) is 0 Å². The number of rotatable bonds is 2. The molecule has 1 aliphatic carbocycles. The molecule has 1 fully saturated rings. The van der Waals surface area contributed by atoms with Crippen LogP contribution in [0.2, 0.25) is 0 Å². The van der Waals surface area contributed by atoms with Crippen LogP contribution in [0, 0.1) is 22.7 Å². The lowest BCUT2D eigenvalue weighted by molar-refractivity contribution is -0.146. The molecule has 2 heterocycles. The van der Waals surface area contributed by atoms with Crippen molar-refractivity contribution in [2.45, 2.75) is 38.6 Å². The predicted octanol–water partition coefficient (Wildman–Crippen LogP) is 2.72. The van der Waals surface area contributed by atoms with Crippen molar-refractivity contribution < 1.29 is 9.53 Å². The van der Waals surface area contributed by atoms with Crippen LogP contribution in [0.5, 0.6) is 5.75 Å². The van der Waals surface area contributed by atoms with Crippen molar-refractivity contribution in [3.8, 4) is 11.8 Å². The first-order chi connectivity index (χ1) is 10.9. The topological polar surface area (TPSA) is 66.2 Å². The number of ether oxygens (including phenoxy) is 1. The molecule has 0 saturated heterocycles. The second-order valence-electron chi connectivity index (χ2n) is 6.85. The van der Waals surface area contributed by atoms with E-state index in [9.17, 15) is 4.79 Å². The summed E-state index contributed by atoms with van der Waals surface area (Å²) >= 11 is 6.08. The first kappa shape index (κ1) is 16.1. The van der Waals surface area contributed by atoms with E-state index in [0.29, 0.717) is 36.9 Å². The number of hydrogen-bond acceptors (Lipinski definition) is 4. The summed E-state index contributed by atoms with van der Waals surface area (Å²) in [6, 6.07) is 2.09. The fourth-order valence-corrected chi connectivity index (χ4v) is 3.72. The van der Waals surface area contributed by atoms with Crippen LogP contribution in [0.1, 0.15) is 37.8 Å². The van der Waals surface area contributed by atoms with Gasteiger partial charge in [-0.05, 0) is 18.8 Å². The SMILES string of the molecule is CC(C)(C(=O)N1CCOc2c(C#N)cncc2C1)C1CC(Cl)C1. The largest absolute Gasteiger partial charge is 0.490 e. The van der Waals surface area contributed by atoms with Crippen molar-refractivity contribution in [3.63, 3.8) is 0 Å². The Balaban J connectivity index is 1.81. The van der Waals surface area contributed by atoms with Crippen molar-refractivity contribution in [1.29, 1.82) is 5.26 Å². The van der Waals surface area contributed by atoms with E-state index in [-0.39, 0.29) is 11.3 Å². The average molecular weight is 334 g/mol. The van der Waals surface area contributed by atoms with E-state index in [1.54, 1.807) is 6.20 Å². The molecule has 0 radical (unpaired) electrons. The van der Waals surface area contributed by atoms with Gasteiger partial charge in [0, 0.05) is 28.7 Å². The molecule has 3 rings (SSSR count). The van der Waals surface area contributed by atoms with Crippen LogP contribution < -0.4 is 4.74 Å². The molecular weight excluding hydrogens is 314 g/mol. The molecule has 23 heavy (non-hydrogen) atoms. The minimum atomic E-state index is -0.434. The normalized spacial score (nSPS) is 23.8. The molecule has 0 unspecified atom stereocenters. The maximum Gasteiger partial charge on any atom is 0.228 e. The smallest absolute Gasteiger partial charge is 0.228 e. The third-order valence-electron chi connectivity index (χ3n) is 5.00. The minimum absolute atomic E-state index is 0.116. The number of carbonyl (C=O) groups excluding carboxylic acids is 1. The number of amides is 1. The fourth-order valence-electron chi connectivity index (χ4n) is 3.29. The zero-order chi connectivity index (χ0) is 16.6. The van der Waals surface area contributed by atoms with Gasteiger partial charge in [0.05, 0.1) is 13.1 Å². The van der Waals surface area contributed by atoms with Crippen LogP contribution in [0.25, 0.3) is 0 Å². The number of pyridine rings is 1. The molecule has 5 nitrogen and oxygen atoms in total.